The molecule has 0 bridgehead atoms. The van der Waals surface area contributed by atoms with Gasteiger partial charge in [0, 0.05) is 21.5 Å². The Morgan fingerprint density at radius 1 is 1.00 bits per heavy atom. The summed E-state index contributed by atoms with van der Waals surface area (Å²) < 4.78 is 0. The summed E-state index contributed by atoms with van der Waals surface area (Å²) in [5.41, 5.74) is 2.10. The highest BCUT2D eigenvalue weighted by atomic mass is 35.5. The van der Waals surface area contributed by atoms with Gasteiger partial charge >= 0.3 is 0 Å². The second-order valence-electron chi connectivity index (χ2n) is 4.08. The number of hydrogen-bond acceptors (Lipinski definition) is 1. The lowest BCUT2D eigenvalue weighted by molar-refractivity contribution is 0.103. The largest absolute Gasteiger partial charge is 0.352 e. The molecule has 0 unspecified atom stereocenters. The predicted molar refractivity (Wildman–Crippen MR) is 73.2 cm³/mol. The number of carbonyl (C=O) groups is 1. The lowest BCUT2D eigenvalue weighted by atomic mass is 10.1. The van der Waals surface area contributed by atoms with Crippen molar-refractivity contribution < 1.29 is 4.79 Å². The van der Waals surface area contributed by atoms with Crippen LogP contribution in [-0.2, 0) is 0 Å². The van der Waals surface area contributed by atoms with Gasteiger partial charge in [0.15, 0.2) is 0 Å². The Balaban J connectivity index is 2.10. The third-order valence-corrected chi connectivity index (χ3v) is 3.22. The molecule has 0 fully saturated rings. The molecule has 0 atom stereocenters. The first kappa shape index (κ1) is 11.1. The van der Waals surface area contributed by atoms with Crippen molar-refractivity contribution in [1.82, 2.24) is 4.98 Å². The van der Waals surface area contributed by atoms with Crippen LogP contribution < -0.4 is 0 Å². The topological polar surface area (TPSA) is 32.9 Å². The zero-order valence-corrected chi connectivity index (χ0v) is 10.2. The van der Waals surface area contributed by atoms with Gasteiger partial charge in [0.25, 0.3) is 0 Å². The number of aromatic amines is 1. The van der Waals surface area contributed by atoms with Crippen LogP contribution in [0.2, 0.25) is 5.02 Å². The van der Waals surface area contributed by atoms with Crippen LogP contribution in [-0.4, -0.2) is 10.8 Å². The van der Waals surface area contributed by atoms with Gasteiger partial charge in [-0.1, -0.05) is 48.0 Å². The van der Waals surface area contributed by atoms with E-state index in [1.165, 1.54) is 0 Å². The Bertz CT molecular complexity index is 716. The molecule has 3 aromatic rings. The Kier molecular flexibility index (Phi) is 2.65. The van der Waals surface area contributed by atoms with Crippen molar-refractivity contribution in [2.45, 2.75) is 0 Å². The van der Waals surface area contributed by atoms with Gasteiger partial charge in [0.05, 0.1) is 5.69 Å². The molecular weight excluding hydrogens is 246 g/mol. The minimum atomic E-state index is -0.0251. The summed E-state index contributed by atoms with van der Waals surface area (Å²) in [4.78, 5) is 15.4. The molecular formula is C15H10ClNO. The van der Waals surface area contributed by atoms with Gasteiger partial charge in [-0.2, -0.15) is 0 Å². The van der Waals surface area contributed by atoms with Crippen molar-refractivity contribution in [3.05, 3.63) is 70.9 Å². The standard InChI is InChI=1S/C15H10ClNO/c16-12-7-4-8-13-11(12)9-14(17-13)15(18)10-5-2-1-3-6-10/h1-9,17H. The Morgan fingerprint density at radius 3 is 2.50 bits per heavy atom. The minimum Gasteiger partial charge on any atom is -0.352 e. The zero-order valence-electron chi connectivity index (χ0n) is 9.48. The van der Waals surface area contributed by atoms with Gasteiger partial charge in [-0.15, -0.1) is 0 Å². The summed E-state index contributed by atoms with van der Waals surface area (Å²) >= 11 is 6.09. The van der Waals surface area contributed by atoms with E-state index in [-0.39, 0.29) is 5.78 Å². The molecule has 0 radical (unpaired) electrons. The van der Waals surface area contributed by atoms with E-state index in [0.717, 1.165) is 10.9 Å². The Labute approximate surface area is 109 Å². The van der Waals surface area contributed by atoms with Crippen molar-refractivity contribution in [3.63, 3.8) is 0 Å². The number of nitrogens with one attached hydrogen (secondary N) is 1. The molecule has 0 amide bonds. The second kappa shape index (κ2) is 4.31. The van der Waals surface area contributed by atoms with E-state index >= 15 is 0 Å². The van der Waals surface area contributed by atoms with E-state index in [1.807, 2.05) is 36.4 Å². The van der Waals surface area contributed by atoms with E-state index in [2.05, 4.69) is 4.98 Å². The molecule has 0 aliphatic heterocycles. The molecule has 1 N–H and O–H groups in total. The number of ketones is 1. The molecule has 1 aromatic heterocycles. The number of H-pyrrole nitrogens is 1. The van der Waals surface area contributed by atoms with Crippen molar-refractivity contribution in [2.24, 2.45) is 0 Å². The van der Waals surface area contributed by atoms with Gasteiger partial charge < -0.3 is 4.98 Å². The molecule has 18 heavy (non-hydrogen) atoms. The zero-order chi connectivity index (χ0) is 12.5. The second-order valence-corrected chi connectivity index (χ2v) is 4.49. The molecule has 1 heterocycles. The average molecular weight is 256 g/mol. The molecule has 2 nitrogen and oxygen atoms in total. The van der Waals surface area contributed by atoms with Crippen LogP contribution in [0.25, 0.3) is 10.9 Å². The van der Waals surface area contributed by atoms with Crippen LogP contribution in [0.3, 0.4) is 0 Å². The highest BCUT2D eigenvalue weighted by Gasteiger charge is 2.12. The molecule has 3 rings (SSSR count). The van der Waals surface area contributed by atoms with E-state index in [9.17, 15) is 4.79 Å². The van der Waals surface area contributed by atoms with Crippen molar-refractivity contribution >= 4 is 28.3 Å². The lowest BCUT2D eigenvalue weighted by Gasteiger charge is -1.96. The monoisotopic (exact) mass is 255 g/mol. The number of aromatic nitrogens is 1. The molecule has 0 aliphatic carbocycles. The van der Waals surface area contributed by atoms with Gasteiger partial charge in [0.2, 0.25) is 5.78 Å². The average Bonchev–Trinajstić information content (AvgIpc) is 2.84. The van der Waals surface area contributed by atoms with Crippen molar-refractivity contribution in [1.29, 1.82) is 0 Å². The molecule has 0 saturated heterocycles. The summed E-state index contributed by atoms with van der Waals surface area (Å²) in [6.07, 6.45) is 0. The highest BCUT2D eigenvalue weighted by molar-refractivity contribution is 6.35. The molecule has 3 heteroatoms. The Hall–Kier alpha value is -2.06. The summed E-state index contributed by atoms with van der Waals surface area (Å²) in [7, 11) is 0. The predicted octanol–water partition coefficient (Wildman–Crippen LogP) is 4.05. The van der Waals surface area contributed by atoms with E-state index in [0.29, 0.717) is 16.3 Å². The lowest BCUT2D eigenvalue weighted by Crippen LogP contribution is -2.00. The molecule has 88 valence electrons. The highest BCUT2D eigenvalue weighted by Crippen LogP contribution is 2.24. The number of halogens is 1. The minimum absolute atomic E-state index is 0.0251. The fourth-order valence-electron chi connectivity index (χ4n) is 1.99. The molecule has 0 saturated carbocycles. The van der Waals surface area contributed by atoms with E-state index in [4.69, 9.17) is 11.6 Å². The van der Waals surface area contributed by atoms with Crippen LogP contribution in [0.5, 0.6) is 0 Å². The summed E-state index contributed by atoms with van der Waals surface area (Å²) in [6, 6.07) is 16.6. The smallest absolute Gasteiger partial charge is 0.209 e. The third-order valence-electron chi connectivity index (χ3n) is 2.89. The van der Waals surface area contributed by atoms with Crippen LogP contribution >= 0.6 is 11.6 Å². The van der Waals surface area contributed by atoms with Gasteiger partial charge in [-0.25, -0.2) is 0 Å². The summed E-state index contributed by atoms with van der Waals surface area (Å²) in [5, 5.41) is 1.52. The summed E-state index contributed by atoms with van der Waals surface area (Å²) in [6.45, 7) is 0. The third kappa shape index (κ3) is 1.81. The number of benzene rings is 2. The van der Waals surface area contributed by atoms with Crippen LogP contribution in [0, 0.1) is 0 Å². The van der Waals surface area contributed by atoms with Gasteiger partial charge in [0.1, 0.15) is 0 Å². The van der Waals surface area contributed by atoms with E-state index < -0.39 is 0 Å². The maximum atomic E-state index is 12.3. The van der Waals surface area contributed by atoms with Crippen LogP contribution in [0.15, 0.2) is 54.6 Å². The number of fused-ring (bicyclic) bond motifs is 1. The first-order valence-corrected chi connectivity index (χ1v) is 6.00. The molecule has 0 spiro atoms. The van der Waals surface area contributed by atoms with Crippen LogP contribution in [0.4, 0.5) is 0 Å². The maximum Gasteiger partial charge on any atom is 0.209 e. The number of rotatable bonds is 2. The first-order chi connectivity index (χ1) is 8.75. The number of hydrogen-bond donors (Lipinski definition) is 1. The SMILES string of the molecule is O=C(c1ccccc1)c1cc2c(Cl)cccc2[nH]1. The van der Waals surface area contributed by atoms with Gasteiger partial charge in [-0.05, 0) is 18.2 Å². The molecule has 0 aliphatic rings. The number of carbonyl (C=O) groups excluding carboxylic acids is 1. The summed E-state index contributed by atoms with van der Waals surface area (Å²) in [5.74, 6) is -0.0251. The maximum absolute atomic E-state index is 12.3. The normalized spacial score (nSPS) is 10.7. The van der Waals surface area contributed by atoms with E-state index in [1.54, 1.807) is 18.2 Å². The van der Waals surface area contributed by atoms with Gasteiger partial charge in [-0.3, -0.25) is 4.79 Å². The fraction of sp³-hybridized carbons (Fsp3) is 0. The Morgan fingerprint density at radius 2 is 1.78 bits per heavy atom. The van der Waals surface area contributed by atoms with Crippen molar-refractivity contribution in [2.75, 3.05) is 0 Å². The first-order valence-electron chi connectivity index (χ1n) is 5.63. The quantitative estimate of drug-likeness (QED) is 0.689. The molecule has 2 aromatic carbocycles. The fourth-order valence-corrected chi connectivity index (χ4v) is 2.21. The van der Waals surface area contributed by atoms with Crippen molar-refractivity contribution in [3.8, 4) is 0 Å². The van der Waals surface area contributed by atoms with Crippen LogP contribution in [0.1, 0.15) is 16.1 Å².